The summed E-state index contributed by atoms with van der Waals surface area (Å²) in [6, 6.07) is 16.6. The number of amides is 2. The van der Waals surface area contributed by atoms with Crippen LogP contribution in [0, 0.1) is 12.7 Å². The number of nitrogens with one attached hydrogen (secondary N) is 1. The second-order valence-corrected chi connectivity index (χ2v) is 11.3. The SMILES string of the molecule is Cc1ccc(F)cc1[C@H]1CC(=O)N(CCCN(C)C)[C@@H](c2cccc(Cl)c2)[C@]12C(=O)Nc1cc(Cl)ccc12. The normalized spacial score (nSPS) is 22.8. The Bertz CT molecular complexity index is 1410. The van der Waals surface area contributed by atoms with E-state index >= 15 is 0 Å². The number of hydrogen-bond donors (Lipinski definition) is 1. The molecule has 0 saturated carbocycles. The van der Waals surface area contributed by atoms with Crippen molar-refractivity contribution in [2.75, 3.05) is 32.5 Å². The van der Waals surface area contributed by atoms with E-state index in [1.54, 1.807) is 24.3 Å². The van der Waals surface area contributed by atoms with Crippen LogP contribution in [0.4, 0.5) is 10.1 Å². The van der Waals surface area contributed by atoms with Gasteiger partial charge in [-0.25, -0.2) is 4.39 Å². The third-order valence-electron chi connectivity index (χ3n) is 7.83. The van der Waals surface area contributed by atoms with Crippen LogP contribution in [0.1, 0.15) is 47.1 Å². The number of rotatable bonds is 6. The van der Waals surface area contributed by atoms with Crippen LogP contribution in [0.15, 0.2) is 60.7 Å². The van der Waals surface area contributed by atoms with Gasteiger partial charge in [0.05, 0.1) is 6.04 Å². The summed E-state index contributed by atoms with van der Waals surface area (Å²) in [6.45, 7) is 3.13. The maximum atomic E-state index is 14.7. The minimum atomic E-state index is -1.23. The second kappa shape index (κ2) is 10.3. The molecule has 8 heteroatoms. The third-order valence-corrected chi connectivity index (χ3v) is 8.30. The molecule has 1 saturated heterocycles. The van der Waals surface area contributed by atoms with Gasteiger partial charge in [0.15, 0.2) is 0 Å². The van der Waals surface area contributed by atoms with Crippen LogP contribution in [0.5, 0.6) is 0 Å². The van der Waals surface area contributed by atoms with Crippen LogP contribution < -0.4 is 5.32 Å². The van der Waals surface area contributed by atoms with Crippen molar-refractivity contribution < 1.29 is 14.0 Å². The van der Waals surface area contributed by atoms with Gasteiger partial charge in [-0.3, -0.25) is 9.59 Å². The number of hydrogen-bond acceptors (Lipinski definition) is 3. The number of carbonyl (C=O) groups excluding carboxylic acids is 2. The molecule has 0 unspecified atom stereocenters. The highest BCUT2D eigenvalue weighted by Crippen LogP contribution is 2.60. The molecule has 2 aliphatic rings. The quantitative estimate of drug-likeness (QED) is 0.387. The maximum absolute atomic E-state index is 14.7. The molecule has 2 aliphatic heterocycles. The van der Waals surface area contributed by atoms with Gasteiger partial charge in [0.25, 0.3) is 0 Å². The molecule has 3 aromatic rings. The lowest BCUT2D eigenvalue weighted by atomic mass is 9.58. The topological polar surface area (TPSA) is 52.7 Å². The Morgan fingerprint density at radius 2 is 1.82 bits per heavy atom. The largest absolute Gasteiger partial charge is 0.334 e. The zero-order valence-electron chi connectivity index (χ0n) is 21.6. The van der Waals surface area contributed by atoms with Crippen molar-refractivity contribution in [2.45, 2.75) is 37.1 Å². The number of piperidine rings is 1. The van der Waals surface area contributed by atoms with Gasteiger partial charge in [-0.1, -0.05) is 47.5 Å². The van der Waals surface area contributed by atoms with Gasteiger partial charge in [-0.15, -0.1) is 0 Å². The molecule has 3 atom stereocenters. The van der Waals surface area contributed by atoms with Gasteiger partial charge in [-0.2, -0.15) is 0 Å². The molecule has 0 bridgehead atoms. The molecular weight excluding hydrogens is 524 g/mol. The number of likely N-dealkylation sites (tertiary alicyclic amines) is 1. The monoisotopic (exact) mass is 553 g/mol. The zero-order valence-corrected chi connectivity index (χ0v) is 23.1. The van der Waals surface area contributed by atoms with Crippen LogP contribution in [-0.4, -0.2) is 48.8 Å². The molecule has 0 aliphatic carbocycles. The standard InChI is InChI=1S/C30H30Cl2FN3O2/c1-18-8-10-22(33)16-23(18)25-17-27(37)36(13-5-12-35(2)3)28(19-6-4-7-20(31)14-19)30(25)24-11-9-21(32)15-26(24)34-29(30)38/h4,6-11,14-16,25,28H,5,12-13,17H2,1-3H3,(H,34,38)/t25-,28+,30-/m1/s1. The van der Waals surface area contributed by atoms with Crippen molar-refractivity contribution in [3.63, 3.8) is 0 Å². The van der Waals surface area contributed by atoms with E-state index < -0.39 is 23.2 Å². The number of carbonyl (C=O) groups is 2. The number of anilines is 1. The molecule has 2 heterocycles. The van der Waals surface area contributed by atoms with E-state index in [1.807, 2.05) is 50.2 Å². The number of aryl methyl sites for hydroxylation is 1. The predicted octanol–water partition coefficient (Wildman–Crippen LogP) is 6.34. The van der Waals surface area contributed by atoms with Gasteiger partial charge < -0.3 is 15.1 Å². The summed E-state index contributed by atoms with van der Waals surface area (Å²) in [6.07, 6.45) is 0.795. The molecule has 1 spiro atoms. The van der Waals surface area contributed by atoms with Crippen LogP contribution in [0.3, 0.4) is 0 Å². The molecule has 1 fully saturated rings. The highest BCUT2D eigenvalue weighted by molar-refractivity contribution is 6.31. The minimum absolute atomic E-state index is 0.0683. The van der Waals surface area contributed by atoms with Gasteiger partial charge >= 0.3 is 0 Å². The van der Waals surface area contributed by atoms with E-state index in [0.717, 1.165) is 29.7 Å². The van der Waals surface area contributed by atoms with Crippen molar-refractivity contribution in [3.8, 4) is 0 Å². The first-order valence-corrected chi connectivity index (χ1v) is 13.5. The molecule has 1 N–H and O–H groups in total. The zero-order chi connectivity index (χ0) is 27.2. The van der Waals surface area contributed by atoms with Crippen molar-refractivity contribution in [1.82, 2.24) is 9.80 Å². The van der Waals surface area contributed by atoms with Gasteiger partial charge in [0.2, 0.25) is 11.8 Å². The van der Waals surface area contributed by atoms with Crippen molar-refractivity contribution in [1.29, 1.82) is 0 Å². The summed E-state index contributed by atoms with van der Waals surface area (Å²) < 4.78 is 14.7. The average Bonchev–Trinajstić information content (AvgIpc) is 3.13. The molecule has 38 heavy (non-hydrogen) atoms. The van der Waals surface area contributed by atoms with Crippen molar-refractivity contribution in [3.05, 3.63) is 98.8 Å². The lowest BCUT2D eigenvalue weighted by Gasteiger charge is -2.52. The highest BCUT2D eigenvalue weighted by Gasteiger charge is 2.63. The fourth-order valence-corrected chi connectivity index (χ4v) is 6.62. The molecule has 5 rings (SSSR count). The average molecular weight is 554 g/mol. The first-order chi connectivity index (χ1) is 18.1. The first-order valence-electron chi connectivity index (χ1n) is 12.7. The van der Waals surface area contributed by atoms with E-state index in [2.05, 4.69) is 10.2 Å². The van der Waals surface area contributed by atoms with Gasteiger partial charge in [0, 0.05) is 34.6 Å². The van der Waals surface area contributed by atoms with E-state index in [1.165, 1.54) is 12.1 Å². The number of benzene rings is 3. The first kappa shape index (κ1) is 26.7. The summed E-state index contributed by atoms with van der Waals surface area (Å²) in [4.78, 5) is 32.2. The van der Waals surface area contributed by atoms with E-state index in [4.69, 9.17) is 23.2 Å². The number of halogens is 3. The Hall–Kier alpha value is -2.93. The van der Waals surface area contributed by atoms with E-state index in [9.17, 15) is 14.0 Å². The van der Waals surface area contributed by atoms with E-state index in [-0.39, 0.29) is 18.2 Å². The Morgan fingerprint density at radius 1 is 1.05 bits per heavy atom. The predicted molar refractivity (Wildman–Crippen MR) is 149 cm³/mol. The van der Waals surface area contributed by atoms with Crippen LogP contribution in [-0.2, 0) is 15.0 Å². The Morgan fingerprint density at radius 3 is 2.55 bits per heavy atom. The Kier molecular flexibility index (Phi) is 7.25. The van der Waals surface area contributed by atoms with Gasteiger partial charge in [-0.05, 0) is 92.6 Å². The van der Waals surface area contributed by atoms with Crippen molar-refractivity contribution in [2.24, 2.45) is 0 Å². The van der Waals surface area contributed by atoms with E-state index in [0.29, 0.717) is 27.8 Å². The fraction of sp³-hybridized carbons (Fsp3) is 0.333. The maximum Gasteiger partial charge on any atom is 0.238 e. The minimum Gasteiger partial charge on any atom is -0.334 e. The van der Waals surface area contributed by atoms with Crippen LogP contribution in [0.25, 0.3) is 0 Å². The van der Waals surface area contributed by atoms with Crippen molar-refractivity contribution >= 4 is 40.7 Å². The molecule has 0 radical (unpaired) electrons. The number of nitrogens with zero attached hydrogens (tertiary/aromatic N) is 2. The molecule has 3 aromatic carbocycles. The molecule has 2 amide bonds. The van der Waals surface area contributed by atoms with Gasteiger partial charge in [0.1, 0.15) is 11.2 Å². The summed E-state index contributed by atoms with van der Waals surface area (Å²) in [5.74, 6) is -1.33. The summed E-state index contributed by atoms with van der Waals surface area (Å²) in [5, 5.41) is 4.07. The van der Waals surface area contributed by atoms with Crippen LogP contribution >= 0.6 is 23.2 Å². The highest BCUT2D eigenvalue weighted by atomic mass is 35.5. The second-order valence-electron chi connectivity index (χ2n) is 10.5. The smallest absolute Gasteiger partial charge is 0.238 e. The number of fused-ring (bicyclic) bond motifs is 2. The molecule has 5 nitrogen and oxygen atoms in total. The lowest BCUT2D eigenvalue weighted by molar-refractivity contribution is -0.145. The molecule has 198 valence electrons. The molecular formula is C30H30Cl2FN3O2. The molecule has 0 aromatic heterocycles. The fourth-order valence-electron chi connectivity index (χ4n) is 6.25. The summed E-state index contributed by atoms with van der Waals surface area (Å²) in [5.41, 5.74) is 2.36. The Labute approximate surface area is 232 Å². The summed E-state index contributed by atoms with van der Waals surface area (Å²) >= 11 is 12.8. The lowest BCUT2D eigenvalue weighted by Crippen LogP contribution is -2.58. The Balaban J connectivity index is 1.80. The summed E-state index contributed by atoms with van der Waals surface area (Å²) in [7, 11) is 3.97. The third kappa shape index (κ3) is 4.49. The van der Waals surface area contributed by atoms with Crippen LogP contribution in [0.2, 0.25) is 10.0 Å².